The van der Waals surface area contributed by atoms with E-state index in [-0.39, 0.29) is 17.6 Å². The number of hydrogen-bond acceptors (Lipinski definition) is 3. The Morgan fingerprint density at radius 3 is 2.33 bits per heavy atom. The van der Waals surface area contributed by atoms with Gasteiger partial charge in [-0.1, -0.05) is 37.3 Å². The first-order chi connectivity index (χ1) is 14.6. The van der Waals surface area contributed by atoms with E-state index in [1.165, 1.54) is 6.07 Å². The second-order valence-corrected chi connectivity index (χ2v) is 7.93. The lowest BCUT2D eigenvalue weighted by atomic mass is 10.1. The summed E-state index contributed by atoms with van der Waals surface area (Å²) in [5.74, 6) is -0.239. The quantitative estimate of drug-likeness (QED) is 0.775. The maximum absolute atomic E-state index is 14.1. The van der Waals surface area contributed by atoms with Crippen molar-refractivity contribution in [3.8, 4) is 0 Å². The fourth-order valence-corrected chi connectivity index (χ4v) is 4.54. The molecule has 1 fully saturated rings. The van der Waals surface area contributed by atoms with Gasteiger partial charge in [0.2, 0.25) is 11.8 Å². The summed E-state index contributed by atoms with van der Waals surface area (Å²) in [7, 11) is 0. The van der Waals surface area contributed by atoms with E-state index >= 15 is 0 Å². The van der Waals surface area contributed by atoms with Gasteiger partial charge in [0.1, 0.15) is 11.9 Å². The van der Waals surface area contributed by atoms with Gasteiger partial charge in [0, 0.05) is 38.3 Å². The third kappa shape index (κ3) is 3.91. The van der Waals surface area contributed by atoms with Crippen molar-refractivity contribution in [1.82, 2.24) is 4.90 Å². The van der Waals surface area contributed by atoms with Gasteiger partial charge >= 0.3 is 0 Å². The number of hydrogen-bond donors (Lipinski definition) is 0. The van der Waals surface area contributed by atoms with Crippen molar-refractivity contribution in [1.29, 1.82) is 0 Å². The Balaban J connectivity index is 1.51. The third-order valence-corrected chi connectivity index (χ3v) is 6.12. The molecule has 2 heterocycles. The van der Waals surface area contributed by atoms with E-state index in [4.69, 9.17) is 0 Å². The first kappa shape index (κ1) is 20.4. The van der Waals surface area contributed by atoms with Gasteiger partial charge in [-0.25, -0.2) is 4.39 Å². The number of piperazine rings is 1. The number of nitrogens with zero attached hydrogens (tertiary/aromatic N) is 3. The Morgan fingerprint density at radius 1 is 0.967 bits per heavy atom. The van der Waals surface area contributed by atoms with Crippen molar-refractivity contribution in [2.45, 2.75) is 38.6 Å². The molecule has 4 rings (SSSR count). The zero-order chi connectivity index (χ0) is 21.1. The standard InChI is InChI=1S/C24H28FN3O2/c1-2-20(28-21-11-5-3-8-18(21)9-7-13-23(28)29)24(30)27-16-14-26(15-17-27)22-12-6-4-10-19(22)25/h3-6,8,10-12,20H,2,7,9,13-17H2,1H3. The number of anilines is 2. The summed E-state index contributed by atoms with van der Waals surface area (Å²) < 4.78 is 14.1. The van der Waals surface area contributed by atoms with Crippen LogP contribution in [-0.4, -0.2) is 48.9 Å². The van der Waals surface area contributed by atoms with Crippen molar-refractivity contribution in [3.05, 3.63) is 59.9 Å². The van der Waals surface area contributed by atoms with E-state index < -0.39 is 6.04 Å². The molecule has 2 amide bonds. The van der Waals surface area contributed by atoms with Gasteiger partial charge in [0.15, 0.2) is 0 Å². The predicted molar refractivity (Wildman–Crippen MR) is 116 cm³/mol. The maximum atomic E-state index is 14.1. The minimum Gasteiger partial charge on any atom is -0.366 e. The number of benzene rings is 2. The molecule has 2 aromatic rings. The van der Waals surface area contributed by atoms with Crippen molar-refractivity contribution in [2.75, 3.05) is 36.0 Å². The van der Waals surface area contributed by atoms with Gasteiger partial charge < -0.3 is 9.80 Å². The van der Waals surface area contributed by atoms with E-state index in [1.807, 2.05) is 47.1 Å². The first-order valence-electron chi connectivity index (χ1n) is 10.8. The molecule has 0 aromatic heterocycles. The predicted octanol–water partition coefficient (Wildman–Crippen LogP) is 3.62. The van der Waals surface area contributed by atoms with Crippen LogP contribution in [0.25, 0.3) is 0 Å². The highest BCUT2D eigenvalue weighted by atomic mass is 19.1. The fourth-order valence-electron chi connectivity index (χ4n) is 4.54. The lowest BCUT2D eigenvalue weighted by Crippen LogP contribution is -2.56. The molecule has 0 N–H and O–H groups in total. The highest BCUT2D eigenvalue weighted by Gasteiger charge is 2.35. The van der Waals surface area contributed by atoms with Crippen LogP contribution in [0.3, 0.4) is 0 Å². The first-order valence-corrected chi connectivity index (χ1v) is 10.8. The lowest BCUT2D eigenvalue weighted by Gasteiger charge is -2.39. The van der Waals surface area contributed by atoms with Gasteiger partial charge in [-0.2, -0.15) is 0 Å². The van der Waals surface area contributed by atoms with Gasteiger partial charge in [0.25, 0.3) is 0 Å². The molecular formula is C24H28FN3O2. The van der Waals surface area contributed by atoms with Gasteiger partial charge in [-0.3, -0.25) is 14.5 Å². The van der Waals surface area contributed by atoms with E-state index in [9.17, 15) is 14.0 Å². The summed E-state index contributed by atoms with van der Waals surface area (Å²) in [5, 5.41) is 0. The van der Waals surface area contributed by atoms with Crippen molar-refractivity contribution in [3.63, 3.8) is 0 Å². The minimum atomic E-state index is -0.503. The van der Waals surface area contributed by atoms with E-state index in [2.05, 4.69) is 0 Å². The molecule has 1 unspecified atom stereocenters. The number of halogens is 1. The van der Waals surface area contributed by atoms with Gasteiger partial charge in [-0.05, 0) is 43.0 Å². The van der Waals surface area contributed by atoms with Crippen molar-refractivity contribution in [2.24, 2.45) is 0 Å². The maximum Gasteiger partial charge on any atom is 0.245 e. The normalized spacial score (nSPS) is 18.1. The molecule has 0 aliphatic carbocycles. The number of rotatable bonds is 4. The average Bonchev–Trinajstić information content (AvgIpc) is 2.94. The summed E-state index contributed by atoms with van der Waals surface area (Å²) >= 11 is 0. The molecule has 0 bridgehead atoms. The molecule has 158 valence electrons. The lowest BCUT2D eigenvalue weighted by molar-refractivity contribution is -0.135. The van der Waals surface area contributed by atoms with Crippen LogP contribution >= 0.6 is 0 Å². The molecule has 0 radical (unpaired) electrons. The number of aryl methyl sites for hydroxylation is 1. The highest BCUT2D eigenvalue weighted by Crippen LogP contribution is 2.30. The molecule has 0 spiro atoms. The van der Waals surface area contributed by atoms with Crippen LogP contribution in [0.5, 0.6) is 0 Å². The molecule has 5 nitrogen and oxygen atoms in total. The monoisotopic (exact) mass is 409 g/mol. The third-order valence-electron chi connectivity index (χ3n) is 6.12. The number of carbonyl (C=O) groups is 2. The summed E-state index contributed by atoms with van der Waals surface area (Å²) in [6, 6.07) is 14.1. The Bertz CT molecular complexity index is 924. The minimum absolute atomic E-state index is 0.0178. The zero-order valence-electron chi connectivity index (χ0n) is 17.4. The number of carbonyl (C=O) groups excluding carboxylic acids is 2. The molecule has 2 aromatic carbocycles. The molecule has 1 saturated heterocycles. The molecular weight excluding hydrogens is 381 g/mol. The van der Waals surface area contributed by atoms with Crippen LogP contribution in [0.4, 0.5) is 15.8 Å². The molecule has 30 heavy (non-hydrogen) atoms. The second-order valence-electron chi connectivity index (χ2n) is 7.93. The number of amides is 2. The van der Waals surface area contributed by atoms with Crippen LogP contribution in [0.2, 0.25) is 0 Å². The Labute approximate surface area is 177 Å². The Kier molecular flexibility index (Phi) is 6.02. The van der Waals surface area contributed by atoms with Crippen LogP contribution < -0.4 is 9.80 Å². The summed E-state index contributed by atoms with van der Waals surface area (Å²) in [6.45, 7) is 4.15. The Morgan fingerprint density at radius 2 is 1.63 bits per heavy atom. The molecule has 2 aliphatic rings. The molecule has 1 atom stereocenters. The fraction of sp³-hybridized carbons (Fsp3) is 0.417. The number of para-hydroxylation sites is 2. The van der Waals surface area contributed by atoms with Crippen LogP contribution in [0.1, 0.15) is 31.7 Å². The van der Waals surface area contributed by atoms with Gasteiger partial charge in [0.05, 0.1) is 5.69 Å². The summed E-state index contributed by atoms with van der Waals surface area (Å²) in [6.07, 6.45) is 2.68. The summed E-state index contributed by atoms with van der Waals surface area (Å²) in [5.41, 5.74) is 2.57. The smallest absolute Gasteiger partial charge is 0.245 e. The van der Waals surface area contributed by atoms with E-state index in [0.29, 0.717) is 44.7 Å². The van der Waals surface area contributed by atoms with E-state index in [1.54, 1.807) is 17.0 Å². The molecule has 0 saturated carbocycles. The van der Waals surface area contributed by atoms with Gasteiger partial charge in [-0.15, -0.1) is 0 Å². The highest BCUT2D eigenvalue weighted by molar-refractivity contribution is 6.01. The zero-order valence-corrected chi connectivity index (χ0v) is 17.4. The van der Waals surface area contributed by atoms with Crippen LogP contribution in [-0.2, 0) is 16.0 Å². The second kappa shape index (κ2) is 8.86. The number of fused-ring (bicyclic) bond motifs is 1. The molecule has 2 aliphatic heterocycles. The Hall–Kier alpha value is -2.89. The molecule has 6 heteroatoms. The summed E-state index contributed by atoms with van der Waals surface area (Å²) in [4.78, 5) is 31.9. The topological polar surface area (TPSA) is 43.9 Å². The van der Waals surface area contributed by atoms with E-state index in [0.717, 1.165) is 24.1 Å². The van der Waals surface area contributed by atoms with Crippen molar-refractivity contribution >= 4 is 23.2 Å². The largest absolute Gasteiger partial charge is 0.366 e. The SMILES string of the molecule is CCC(C(=O)N1CCN(c2ccccc2F)CC1)N1C(=O)CCCc2ccccc21. The average molecular weight is 410 g/mol. The van der Waals surface area contributed by atoms with Crippen LogP contribution in [0, 0.1) is 5.82 Å². The van der Waals surface area contributed by atoms with Crippen LogP contribution in [0.15, 0.2) is 48.5 Å². The van der Waals surface area contributed by atoms with Crippen molar-refractivity contribution < 1.29 is 14.0 Å².